The molecule has 2 aliphatic heterocycles. The predicted octanol–water partition coefficient (Wildman–Crippen LogP) is 2.32. The van der Waals surface area contributed by atoms with Crippen LogP contribution in [-0.4, -0.2) is 61.2 Å². The first-order valence-corrected chi connectivity index (χ1v) is 8.77. The maximum atomic E-state index is 3.65. The van der Waals surface area contributed by atoms with Crippen LogP contribution in [0.1, 0.15) is 52.4 Å². The number of hydrogen-bond acceptors (Lipinski definition) is 3. The van der Waals surface area contributed by atoms with E-state index in [4.69, 9.17) is 0 Å². The highest BCUT2D eigenvalue weighted by Crippen LogP contribution is 2.39. The van der Waals surface area contributed by atoms with Gasteiger partial charge in [-0.05, 0) is 57.7 Å². The summed E-state index contributed by atoms with van der Waals surface area (Å²) in [6.45, 7) is 10.2. The molecule has 2 heterocycles. The second-order valence-corrected chi connectivity index (χ2v) is 7.90. The number of likely N-dealkylation sites (tertiary alicyclic amines) is 2. The van der Waals surface area contributed by atoms with Gasteiger partial charge in [0.05, 0.1) is 0 Å². The molecule has 3 rings (SSSR count). The summed E-state index contributed by atoms with van der Waals surface area (Å²) in [5.74, 6) is 0. The minimum absolute atomic E-state index is 0.448. The van der Waals surface area contributed by atoms with E-state index in [-0.39, 0.29) is 0 Å². The Labute approximate surface area is 125 Å². The van der Waals surface area contributed by atoms with Gasteiger partial charge in [-0.3, -0.25) is 9.80 Å². The Morgan fingerprint density at radius 1 is 0.950 bits per heavy atom. The second-order valence-electron chi connectivity index (χ2n) is 7.90. The summed E-state index contributed by atoms with van der Waals surface area (Å²) in [6.07, 6.45) is 8.41. The van der Waals surface area contributed by atoms with Gasteiger partial charge in [-0.2, -0.15) is 0 Å². The molecule has 3 atom stereocenters. The standard InChI is InChI=1S/C17H33N3/c1-17(2)9-6-7-15(16(17)18-3)20-12-8-14(13-20)19-10-4-5-11-19/h14-16,18H,4-13H2,1-3H3. The fourth-order valence-corrected chi connectivity index (χ4v) is 5.06. The topological polar surface area (TPSA) is 18.5 Å². The molecule has 0 aromatic heterocycles. The average molecular weight is 279 g/mol. The molecule has 0 amide bonds. The molecule has 0 aromatic carbocycles. The van der Waals surface area contributed by atoms with Crippen molar-refractivity contribution in [2.24, 2.45) is 5.41 Å². The molecule has 2 saturated heterocycles. The van der Waals surface area contributed by atoms with Crippen LogP contribution in [0.3, 0.4) is 0 Å². The lowest BCUT2D eigenvalue weighted by Crippen LogP contribution is -2.57. The molecular formula is C17H33N3. The van der Waals surface area contributed by atoms with Gasteiger partial charge in [0.25, 0.3) is 0 Å². The van der Waals surface area contributed by atoms with Crippen LogP contribution in [0, 0.1) is 5.41 Å². The van der Waals surface area contributed by atoms with Gasteiger partial charge in [0.1, 0.15) is 0 Å². The largest absolute Gasteiger partial charge is 0.315 e. The van der Waals surface area contributed by atoms with Gasteiger partial charge in [0.2, 0.25) is 0 Å². The number of rotatable bonds is 3. The molecular weight excluding hydrogens is 246 g/mol. The van der Waals surface area contributed by atoms with Crippen LogP contribution in [0.15, 0.2) is 0 Å². The molecule has 3 unspecified atom stereocenters. The minimum atomic E-state index is 0.448. The van der Waals surface area contributed by atoms with Crippen molar-refractivity contribution < 1.29 is 0 Å². The van der Waals surface area contributed by atoms with Crippen molar-refractivity contribution in [1.82, 2.24) is 15.1 Å². The monoisotopic (exact) mass is 279 g/mol. The zero-order valence-corrected chi connectivity index (χ0v) is 13.7. The molecule has 3 heteroatoms. The van der Waals surface area contributed by atoms with E-state index >= 15 is 0 Å². The molecule has 3 nitrogen and oxygen atoms in total. The quantitative estimate of drug-likeness (QED) is 0.855. The van der Waals surface area contributed by atoms with E-state index in [1.807, 2.05) is 0 Å². The average Bonchev–Trinajstić information content (AvgIpc) is 3.08. The highest BCUT2D eigenvalue weighted by molar-refractivity contribution is 5.00. The Morgan fingerprint density at radius 2 is 1.70 bits per heavy atom. The molecule has 0 aromatic rings. The van der Waals surface area contributed by atoms with Crippen molar-refractivity contribution in [1.29, 1.82) is 0 Å². The number of likely N-dealkylation sites (N-methyl/N-ethyl adjacent to an activating group) is 1. The van der Waals surface area contributed by atoms with Crippen LogP contribution in [0.25, 0.3) is 0 Å². The lowest BCUT2D eigenvalue weighted by molar-refractivity contribution is 0.0615. The van der Waals surface area contributed by atoms with E-state index in [1.165, 1.54) is 64.7 Å². The summed E-state index contributed by atoms with van der Waals surface area (Å²) in [6, 6.07) is 2.27. The van der Waals surface area contributed by atoms with Crippen molar-refractivity contribution in [3.63, 3.8) is 0 Å². The second kappa shape index (κ2) is 5.94. The van der Waals surface area contributed by atoms with Crippen LogP contribution in [-0.2, 0) is 0 Å². The zero-order valence-electron chi connectivity index (χ0n) is 13.7. The Balaban J connectivity index is 1.63. The van der Waals surface area contributed by atoms with E-state index in [0.29, 0.717) is 11.5 Å². The Hall–Kier alpha value is -0.120. The van der Waals surface area contributed by atoms with Gasteiger partial charge < -0.3 is 5.32 Å². The molecule has 0 radical (unpaired) electrons. The fraction of sp³-hybridized carbons (Fsp3) is 1.00. The van der Waals surface area contributed by atoms with E-state index in [9.17, 15) is 0 Å². The van der Waals surface area contributed by atoms with Gasteiger partial charge in [-0.1, -0.05) is 20.3 Å². The van der Waals surface area contributed by atoms with E-state index < -0.39 is 0 Å². The van der Waals surface area contributed by atoms with E-state index in [2.05, 4.69) is 36.0 Å². The smallest absolute Gasteiger partial charge is 0.0271 e. The molecule has 116 valence electrons. The first-order chi connectivity index (χ1) is 9.62. The van der Waals surface area contributed by atoms with Crippen LogP contribution >= 0.6 is 0 Å². The normalized spacial score (nSPS) is 39.5. The van der Waals surface area contributed by atoms with Gasteiger partial charge in [0.15, 0.2) is 0 Å². The minimum Gasteiger partial charge on any atom is -0.315 e. The number of nitrogens with one attached hydrogen (secondary N) is 1. The molecule has 1 saturated carbocycles. The van der Waals surface area contributed by atoms with Crippen molar-refractivity contribution >= 4 is 0 Å². The van der Waals surface area contributed by atoms with Crippen LogP contribution < -0.4 is 5.32 Å². The SMILES string of the molecule is CNC1C(N2CCC(N3CCCC3)C2)CCCC1(C)C. The highest BCUT2D eigenvalue weighted by Gasteiger charge is 2.43. The van der Waals surface area contributed by atoms with Crippen LogP contribution in [0.2, 0.25) is 0 Å². The predicted molar refractivity (Wildman–Crippen MR) is 85.1 cm³/mol. The first kappa shape index (κ1) is 14.8. The zero-order chi connectivity index (χ0) is 14.2. The molecule has 1 N–H and O–H groups in total. The summed E-state index contributed by atoms with van der Waals surface area (Å²) in [4.78, 5) is 5.56. The van der Waals surface area contributed by atoms with Gasteiger partial charge in [-0.25, -0.2) is 0 Å². The summed E-state index contributed by atoms with van der Waals surface area (Å²) in [5.41, 5.74) is 0.448. The van der Waals surface area contributed by atoms with E-state index in [0.717, 1.165) is 12.1 Å². The highest BCUT2D eigenvalue weighted by atomic mass is 15.3. The third-order valence-corrected chi connectivity index (χ3v) is 6.18. The van der Waals surface area contributed by atoms with Gasteiger partial charge in [0, 0.05) is 31.2 Å². The Kier molecular flexibility index (Phi) is 4.40. The third-order valence-electron chi connectivity index (χ3n) is 6.18. The molecule has 20 heavy (non-hydrogen) atoms. The van der Waals surface area contributed by atoms with Gasteiger partial charge >= 0.3 is 0 Å². The fourth-order valence-electron chi connectivity index (χ4n) is 5.06. The maximum absolute atomic E-state index is 3.65. The third kappa shape index (κ3) is 2.77. The number of hydrogen-bond donors (Lipinski definition) is 1. The van der Waals surface area contributed by atoms with E-state index in [1.54, 1.807) is 0 Å². The molecule has 0 spiro atoms. The molecule has 3 fully saturated rings. The Morgan fingerprint density at radius 3 is 2.40 bits per heavy atom. The van der Waals surface area contributed by atoms with Crippen molar-refractivity contribution in [3.05, 3.63) is 0 Å². The summed E-state index contributed by atoms with van der Waals surface area (Å²) >= 11 is 0. The number of nitrogens with zero attached hydrogens (tertiary/aromatic N) is 2. The van der Waals surface area contributed by atoms with Crippen molar-refractivity contribution in [2.45, 2.75) is 70.5 Å². The maximum Gasteiger partial charge on any atom is 0.0271 e. The first-order valence-electron chi connectivity index (χ1n) is 8.77. The van der Waals surface area contributed by atoms with Crippen LogP contribution in [0.5, 0.6) is 0 Å². The lowest BCUT2D eigenvalue weighted by Gasteiger charge is -2.47. The Bertz CT molecular complexity index is 322. The van der Waals surface area contributed by atoms with Crippen molar-refractivity contribution in [2.75, 3.05) is 33.2 Å². The lowest BCUT2D eigenvalue weighted by atomic mass is 9.70. The van der Waals surface area contributed by atoms with Crippen molar-refractivity contribution in [3.8, 4) is 0 Å². The summed E-state index contributed by atoms with van der Waals surface area (Å²) in [7, 11) is 2.17. The van der Waals surface area contributed by atoms with Gasteiger partial charge in [-0.15, -0.1) is 0 Å². The molecule has 3 aliphatic rings. The summed E-state index contributed by atoms with van der Waals surface area (Å²) < 4.78 is 0. The van der Waals surface area contributed by atoms with Crippen LogP contribution in [0.4, 0.5) is 0 Å². The molecule has 1 aliphatic carbocycles. The molecule has 0 bridgehead atoms. The summed E-state index contributed by atoms with van der Waals surface area (Å²) in [5, 5.41) is 3.65.